The largest absolute Gasteiger partial charge is 0.469 e. The molecular formula is C10H23NO3SSi. The molecule has 96 valence electrons. The second-order valence-electron chi connectivity index (χ2n) is 4.96. The van der Waals surface area contributed by atoms with Crippen LogP contribution < -0.4 is 0 Å². The maximum absolute atomic E-state index is 12.1. The van der Waals surface area contributed by atoms with Crippen molar-refractivity contribution in [3.05, 3.63) is 0 Å². The number of carbonyl (C=O) groups is 1. The molecule has 0 aromatic rings. The minimum absolute atomic E-state index is 0.204. The number of nitrogens with zero attached hydrogens (tertiary/aromatic N) is 1. The standard InChI is InChI=1S/C10H23NO3SSi/c1-14-10(12)8-6-7-9-15(2,13)11-16(3,4)5/h6-9H2,1-5H3/t15-/m1/s1. The predicted octanol–water partition coefficient (Wildman–Crippen LogP) is 2.26. The van der Waals surface area contributed by atoms with Gasteiger partial charge in [0, 0.05) is 28.2 Å². The molecule has 0 aromatic heterocycles. The first-order valence-electron chi connectivity index (χ1n) is 5.44. The minimum Gasteiger partial charge on any atom is -0.469 e. The fourth-order valence-corrected chi connectivity index (χ4v) is 7.11. The molecule has 0 aliphatic heterocycles. The van der Waals surface area contributed by atoms with E-state index in [4.69, 9.17) is 0 Å². The highest BCUT2D eigenvalue weighted by atomic mass is 32.2. The van der Waals surface area contributed by atoms with Crippen molar-refractivity contribution >= 4 is 23.9 Å². The van der Waals surface area contributed by atoms with Crippen LogP contribution in [0.2, 0.25) is 19.6 Å². The van der Waals surface area contributed by atoms with Gasteiger partial charge in [0.05, 0.1) is 7.11 Å². The highest BCUT2D eigenvalue weighted by Crippen LogP contribution is 2.09. The van der Waals surface area contributed by atoms with Gasteiger partial charge in [-0.1, -0.05) is 0 Å². The van der Waals surface area contributed by atoms with E-state index in [1.807, 2.05) is 0 Å². The topological polar surface area (TPSA) is 55.7 Å². The summed E-state index contributed by atoms with van der Waals surface area (Å²) in [6.07, 6.45) is 3.60. The van der Waals surface area contributed by atoms with Gasteiger partial charge < -0.3 is 4.74 Å². The van der Waals surface area contributed by atoms with Crippen LogP contribution in [0, 0.1) is 0 Å². The molecule has 0 fully saturated rings. The number of hydrogen-bond donors (Lipinski definition) is 0. The maximum Gasteiger partial charge on any atom is 0.305 e. The summed E-state index contributed by atoms with van der Waals surface area (Å²) in [5, 5.41) is 0. The fraction of sp³-hybridized carbons (Fsp3) is 0.900. The van der Waals surface area contributed by atoms with Crippen molar-refractivity contribution in [1.82, 2.24) is 0 Å². The van der Waals surface area contributed by atoms with Gasteiger partial charge in [0.2, 0.25) is 0 Å². The van der Waals surface area contributed by atoms with Crippen molar-refractivity contribution in [3.8, 4) is 0 Å². The zero-order chi connectivity index (χ0) is 12.8. The smallest absolute Gasteiger partial charge is 0.305 e. The van der Waals surface area contributed by atoms with Gasteiger partial charge >= 0.3 is 5.97 Å². The third kappa shape index (κ3) is 8.91. The van der Waals surface area contributed by atoms with Gasteiger partial charge in [0.25, 0.3) is 0 Å². The Morgan fingerprint density at radius 3 is 2.31 bits per heavy atom. The van der Waals surface area contributed by atoms with Crippen LogP contribution in [0.3, 0.4) is 0 Å². The summed E-state index contributed by atoms with van der Waals surface area (Å²) in [5.41, 5.74) is 0. The molecule has 0 unspecified atom stereocenters. The molecule has 0 rings (SSSR count). The van der Waals surface area contributed by atoms with E-state index < -0.39 is 18.0 Å². The second-order valence-corrected chi connectivity index (χ2v) is 12.4. The Balaban J connectivity index is 4.07. The third-order valence-electron chi connectivity index (χ3n) is 1.85. The average molecular weight is 265 g/mol. The summed E-state index contributed by atoms with van der Waals surface area (Å²) in [6, 6.07) is 0. The van der Waals surface area contributed by atoms with Gasteiger partial charge in [-0.25, -0.2) is 0 Å². The zero-order valence-electron chi connectivity index (χ0n) is 10.9. The molecule has 0 amide bonds. The summed E-state index contributed by atoms with van der Waals surface area (Å²) >= 11 is 0. The van der Waals surface area contributed by atoms with Crippen LogP contribution in [0.4, 0.5) is 0 Å². The van der Waals surface area contributed by atoms with E-state index in [9.17, 15) is 9.00 Å². The lowest BCUT2D eigenvalue weighted by Crippen LogP contribution is -2.20. The van der Waals surface area contributed by atoms with E-state index in [0.29, 0.717) is 12.2 Å². The van der Waals surface area contributed by atoms with Crippen molar-refractivity contribution in [3.63, 3.8) is 0 Å². The molecule has 0 saturated carbocycles. The molecule has 0 N–H and O–H groups in total. The Morgan fingerprint density at radius 1 is 1.31 bits per heavy atom. The minimum atomic E-state index is -2.06. The number of hydrogen-bond acceptors (Lipinski definition) is 4. The Bertz CT molecular complexity index is 340. The number of unbranched alkanes of at least 4 members (excludes halogenated alkanes) is 1. The summed E-state index contributed by atoms with van der Waals surface area (Å²) < 4.78 is 21.0. The molecule has 0 aliphatic rings. The summed E-state index contributed by atoms with van der Waals surface area (Å²) in [4.78, 5) is 10.9. The summed E-state index contributed by atoms with van der Waals surface area (Å²) in [7, 11) is -2.30. The Labute approximate surface area is 100 Å². The SMILES string of the molecule is COC(=O)CCCC[S@@](C)(=O)=N[Si](C)(C)C. The normalized spacial score (nSPS) is 15.3. The van der Waals surface area contributed by atoms with Crippen LogP contribution >= 0.6 is 0 Å². The molecular weight excluding hydrogens is 242 g/mol. The quantitative estimate of drug-likeness (QED) is 0.420. The van der Waals surface area contributed by atoms with Crippen LogP contribution in [-0.4, -0.2) is 37.5 Å². The lowest BCUT2D eigenvalue weighted by atomic mass is 10.2. The number of esters is 1. The maximum atomic E-state index is 12.1. The van der Waals surface area contributed by atoms with Crippen LogP contribution in [-0.2, 0) is 19.3 Å². The Morgan fingerprint density at radius 2 is 1.88 bits per heavy atom. The van der Waals surface area contributed by atoms with Gasteiger partial charge in [-0.15, -0.1) is 0 Å². The molecule has 0 aromatic carbocycles. The number of ether oxygens (including phenoxy) is 1. The Hall–Kier alpha value is -0.363. The van der Waals surface area contributed by atoms with Gasteiger partial charge in [-0.05, 0) is 32.5 Å². The van der Waals surface area contributed by atoms with Gasteiger partial charge in [0.1, 0.15) is 0 Å². The Kier molecular flexibility index (Phi) is 6.25. The highest BCUT2D eigenvalue weighted by molar-refractivity contribution is 7.93. The van der Waals surface area contributed by atoms with Gasteiger partial charge in [-0.2, -0.15) is 0 Å². The van der Waals surface area contributed by atoms with E-state index in [1.165, 1.54) is 7.11 Å². The first kappa shape index (κ1) is 15.6. The first-order chi connectivity index (χ1) is 7.16. The van der Waals surface area contributed by atoms with Crippen molar-refractivity contribution < 1.29 is 13.7 Å². The zero-order valence-corrected chi connectivity index (χ0v) is 12.7. The molecule has 0 spiro atoms. The van der Waals surface area contributed by atoms with Crippen LogP contribution in [0.1, 0.15) is 19.3 Å². The van der Waals surface area contributed by atoms with Gasteiger partial charge in [0.15, 0.2) is 8.24 Å². The van der Waals surface area contributed by atoms with Crippen LogP contribution in [0.5, 0.6) is 0 Å². The molecule has 0 saturated heterocycles. The van der Waals surface area contributed by atoms with E-state index in [-0.39, 0.29) is 5.97 Å². The first-order valence-corrected chi connectivity index (χ1v) is 11.0. The van der Waals surface area contributed by atoms with E-state index in [0.717, 1.165) is 12.8 Å². The molecule has 0 aliphatic carbocycles. The second kappa shape index (κ2) is 6.39. The number of methoxy groups -OCH3 is 1. The van der Waals surface area contributed by atoms with E-state index in [2.05, 4.69) is 28.4 Å². The van der Waals surface area contributed by atoms with Crippen molar-refractivity contribution in [2.75, 3.05) is 19.1 Å². The van der Waals surface area contributed by atoms with Crippen LogP contribution in [0.25, 0.3) is 0 Å². The van der Waals surface area contributed by atoms with Crippen LogP contribution in [0.15, 0.2) is 4.03 Å². The number of rotatable bonds is 6. The molecule has 0 heterocycles. The third-order valence-corrected chi connectivity index (χ3v) is 6.63. The molecule has 4 nitrogen and oxygen atoms in total. The molecule has 1 atom stereocenters. The monoisotopic (exact) mass is 265 g/mol. The van der Waals surface area contributed by atoms with Crippen molar-refractivity contribution in [2.45, 2.75) is 38.9 Å². The lowest BCUT2D eigenvalue weighted by molar-refractivity contribution is -0.140. The molecule has 16 heavy (non-hydrogen) atoms. The number of carbonyl (C=O) groups excluding carboxylic acids is 1. The molecule has 0 bridgehead atoms. The average Bonchev–Trinajstić information content (AvgIpc) is 2.08. The van der Waals surface area contributed by atoms with Crippen molar-refractivity contribution in [1.29, 1.82) is 0 Å². The van der Waals surface area contributed by atoms with E-state index >= 15 is 0 Å². The van der Waals surface area contributed by atoms with E-state index in [1.54, 1.807) is 6.26 Å². The fourth-order valence-electron chi connectivity index (χ4n) is 1.37. The molecule has 6 heteroatoms. The summed E-state index contributed by atoms with van der Waals surface area (Å²) in [6.45, 7) is 6.22. The summed E-state index contributed by atoms with van der Waals surface area (Å²) in [5.74, 6) is 0.374. The predicted molar refractivity (Wildman–Crippen MR) is 70.6 cm³/mol. The molecule has 0 radical (unpaired) electrons. The van der Waals surface area contributed by atoms with Gasteiger partial charge in [-0.3, -0.25) is 13.0 Å². The van der Waals surface area contributed by atoms with Crippen molar-refractivity contribution in [2.24, 2.45) is 4.03 Å². The highest BCUT2D eigenvalue weighted by Gasteiger charge is 2.15. The lowest BCUT2D eigenvalue weighted by Gasteiger charge is -2.12.